The lowest BCUT2D eigenvalue weighted by Crippen LogP contribution is -2.47. The van der Waals surface area contributed by atoms with Gasteiger partial charge in [-0.25, -0.2) is 8.42 Å². The van der Waals surface area contributed by atoms with Crippen molar-refractivity contribution in [3.63, 3.8) is 0 Å². The van der Waals surface area contributed by atoms with Crippen molar-refractivity contribution in [2.45, 2.75) is 25.4 Å². The lowest BCUT2D eigenvalue weighted by Gasteiger charge is -2.26. The van der Waals surface area contributed by atoms with Crippen LogP contribution in [-0.2, 0) is 14.6 Å². The van der Waals surface area contributed by atoms with Gasteiger partial charge in [0, 0.05) is 38.1 Å². The number of nitrogens with one attached hydrogen (secondary N) is 1. The normalized spacial score (nSPS) is 33.6. The average molecular weight is 303 g/mol. The van der Waals surface area contributed by atoms with E-state index in [4.69, 9.17) is 0 Å². The number of sulfone groups is 1. The highest BCUT2D eigenvalue weighted by Gasteiger charge is 2.35. The predicted molar refractivity (Wildman–Crippen MR) is 78.3 cm³/mol. The molecule has 7 heteroatoms. The van der Waals surface area contributed by atoms with E-state index < -0.39 is 9.84 Å². The number of likely N-dealkylation sites (tertiary alicyclic amines) is 1. The van der Waals surface area contributed by atoms with Crippen LogP contribution in [0.3, 0.4) is 0 Å². The molecule has 6 nitrogen and oxygen atoms in total. The van der Waals surface area contributed by atoms with E-state index in [0.29, 0.717) is 18.5 Å². The van der Waals surface area contributed by atoms with Gasteiger partial charge in [0.15, 0.2) is 9.84 Å². The van der Waals surface area contributed by atoms with Gasteiger partial charge in [-0.3, -0.25) is 4.79 Å². The van der Waals surface area contributed by atoms with Crippen LogP contribution in [0.2, 0.25) is 0 Å². The molecule has 0 aromatic rings. The summed E-state index contributed by atoms with van der Waals surface area (Å²) in [4.78, 5) is 16.3. The molecule has 1 amide bonds. The third-order valence-electron chi connectivity index (χ3n) is 4.31. The Morgan fingerprint density at radius 3 is 2.60 bits per heavy atom. The van der Waals surface area contributed by atoms with E-state index in [1.54, 1.807) is 0 Å². The first-order valence-corrected chi connectivity index (χ1v) is 8.98. The Balaban J connectivity index is 1.90. The number of amides is 1. The fourth-order valence-electron chi connectivity index (χ4n) is 3.16. The highest BCUT2D eigenvalue weighted by Crippen LogP contribution is 2.21. The number of likely N-dealkylation sites (N-methyl/N-ethyl adjacent to an activating group) is 1. The summed E-state index contributed by atoms with van der Waals surface area (Å²) < 4.78 is 23.2. The Hall–Kier alpha value is -0.660. The summed E-state index contributed by atoms with van der Waals surface area (Å²) in [5.41, 5.74) is 0. The molecule has 0 saturated carbocycles. The van der Waals surface area contributed by atoms with Gasteiger partial charge in [-0.15, -0.1) is 0 Å². The first-order valence-electron chi connectivity index (χ1n) is 7.16. The van der Waals surface area contributed by atoms with Crippen LogP contribution >= 0.6 is 0 Å². The van der Waals surface area contributed by atoms with Gasteiger partial charge in [-0.2, -0.15) is 0 Å². The van der Waals surface area contributed by atoms with Gasteiger partial charge in [0.05, 0.1) is 11.5 Å². The van der Waals surface area contributed by atoms with Crippen molar-refractivity contribution in [3.05, 3.63) is 0 Å². The maximum atomic E-state index is 12.3. The molecule has 0 spiro atoms. The molecule has 3 unspecified atom stereocenters. The fraction of sp³-hybridized carbons (Fsp3) is 0.923. The molecule has 2 fully saturated rings. The highest BCUT2D eigenvalue weighted by atomic mass is 32.2. The minimum atomic E-state index is -2.98. The molecule has 0 aliphatic carbocycles. The first-order chi connectivity index (χ1) is 9.28. The zero-order chi connectivity index (χ0) is 14.9. The minimum absolute atomic E-state index is 0.0656. The minimum Gasteiger partial charge on any atom is -0.341 e. The standard InChI is InChI=1S/C13H25N3O3S/c1-10-7-16(8-12(10)15(2)3)13(17)6-11-9-20(18,19)5-4-14-11/h10-12,14H,4-9H2,1-3H3. The quantitative estimate of drug-likeness (QED) is 0.737. The lowest BCUT2D eigenvalue weighted by atomic mass is 10.1. The van der Waals surface area contributed by atoms with Gasteiger partial charge in [0.25, 0.3) is 0 Å². The van der Waals surface area contributed by atoms with Crippen LogP contribution < -0.4 is 5.32 Å². The molecule has 1 N–H and O–H groups in total. The molecule has 0 bridgehead atoms. The van der Waals surface area contributed by atoms with Crippen molar-refractivity contribution in [1.29, 1.82) is 0 Å². The van der Waals surface area contributed by atoms with Crippen LogP contribution in [0.25, 0.3) is 0 Å². The average Bonchev–Trinajstić information content (AvgIpc) is 2.70. The van der Waals surface area contributed by atoms with Crippen molar-refractivity contribution < 1.29 is 13.2 Å². The molecule has 2 rings (SSSR count). The summed E-state index contributed by atoms with van der Waals surface area (Å²) in [5, 5.41) is 3.14. The summed E-state index contributed by atoms with van der Waals surface area (Å²) in [7, 11) is 1.09. The maximum Gasteiger partial charge on any atom is 0.224 e. The van der Waals surface area contributed by atoms with Gasteiger partial charge < -0.3 is 15.1 Å². The maximum absolute atomic E-state index is 12.3. The number of nitrogens with zero attached hydrogens (tertiary/aromatic N) is 2. The molecule has 3 atom stereocenters. The van der Waals surface area contributed by atoms with Gasteiger partial charge in [-0.05, 0) is 20.0 Å². The smallest absolute Gasteiger partial charge is 0.224 e. The first kappa shape index (κ1) is 15.7. The van der Waals surface area contributed by atoms with Crippen molar-refractivity contribution in [2.24, 2.45) is 5.92 Å². The molecule has 116 valence electrons. The molecule has 2 aliphatic rings. The van der Waals surface area contributed by atoms with Crippen LogP contribution in [0, 0.1) is 5.92 Å². The van der Waals surface area contributed by atoms with E-state index in [2.05, 4.69) is 17.1 Å². The molecule has 0 radical (unpaired) electrons. The van der Waals surface area contributed by atoms with Crippen molar-refractivity contribution in [1.82, 2.24) is 15.1 Å². The fourth-order valence-corrected chi connectivity index (χ4v) is 4.61. The Morgan fingerprint density at radius 1 is 1.35 bits per heavy atom. The number of carbonyl (C=O) groups is 1. The Kier molecular flexibility index (Phi) is 4.71. The van der Waals surface area contributed by atoms with Gasteiger partial charge in [0.2, 0.25) is 5.91 Å². The Morgan fingerprint density at radius 2 is 2.05 bits per heavy atom. The molecule has 20 heavy (non-hydrogen) atoms. The number of carbonyl (C=O) groups excluding carboxylic acids is 1. The van der Waals surface area contributed by atoms with Crippen LogP contribution in [0.15, 0.2) is 0 Å². The molecule has 2 heterocycles. The van der Waals surface area contributed by atoms with E-state index in [9.17, 15) is 13.2 Å². The lowest BCUT2D eigenvalue weighted by molar-refractivity contribution is -0.130. The van der Waals surface area contributed by atoms with E-state index >= 15 is 0 Å². The van der Waals surface area contributed by atoms with Crippen molar-refractivity contribution in [3.8, 4) is 0 Å². The third-order valence-corrected chi connectivity index (χ3v) is 6.05. The van der Waals surface area contributed by atoms with Crippen molar-refractivity contribution in [2.75, 3.05) is 45.2 Å². The number of hydrogen-bond acceptors (Lipinski definition) is 5. The van der Waals surface area contributed by atoms with E-state index in [1.165, 1.54) is 0 Å². The molecule has 0 aromatic carbocycles. The van der Waals surface area contributed by atoms with Gasteiger partial charge >= 0.3 is 0 Å². The zero-order valence-electron chi connectivity index (χ0n) is 12.5. The summed E-state index contributed by atoms with van der Waals surface area (Å²) in [5.74, 6) is 0.785. The van der Waals surface area contributed by atoms with Crippen LogP contribution in [0.4, 0.5) is 0 Å². The Bertz CT molecular complexity index is 463. The number of rotatable bonds is 3. The Labute approximate surface area is 121 Å². The van der Waals surface area contributed by atoms with E-state index in [-0.39, 0.29) is 29.9 Å². The summed E-state index contributed by atoms with van der Waals surface area (Å²) >= 11 is 0. The SMILES string of the molecule is CC1CN(C(=O)CC2CS(=O)(=O)CCN2)CC1N(C)C. The highest BCUT2D eigenvalue weighted by molar-refractivity contribution is 7.91. The van der Waals surface area contributed by atoms with Gasteiger partial charge in [0.1, 0.15) is 0 Å². The molecule has 2 saturated heterocycles. The molecular formula is C13H25N3O3S. The summed E-state index contributed by atoms with van der Waals surface area (Å²) in [6.45, 7) is 4.12. The summed E-state index contributed by atoms with van der Waals surface area (Å²) in [6, 6.07) is 0.164. The van der Waals surface area contributed by atoms with Crippen molar-refractivity contribution >= 4 is 15.7 Å². The van der Waals surface area contributed by atoms with Crippen LogP contribution in [-0.4, -0.2) is 81.4 Å². The predicted octanol–water partition coefficient (Wildman–Crippen LogP) is -0.828. The molecule has 2 aliphatic heterocycles. The largest absolute Gasteiger partial charge is 0.341 e. The third kappa shape index (κ3) is 3.71. The molecule has 0 aromatic heterocycles. The van der Waals surface area contributed by atoms with Gasteiger partial charge in [-0.1, -0.05) is 6.92 Å². The van der Waals surface area contributed by atoms with Crippen LogP contribution in [0.1, 0.15) is 13.3 Å². The zero-order valence-corrected chi connectivity index (χ0v) is 13.3. The monoisotopic (exact) mass is 303 g/mol. The van der Waals surface area contributed by atoms with E-state index in [0.717, 1.165) is 13.1 Å². The second-order valence-electron chi connectivity index (χ2n) is 6.28. The molecular weight excluding hydrogens is 278 g/mol. The topological polar surface area (TPSA) is 69.7 Å². The summed E-state index contributed by atoms with van der Waals surface area (Å²) in [6.07, 6.45) is 0.284. The van der Waals surface area contributed by atoms with E-state index in [1.807, 2.05) is 19.0 Å². The van der Waals surface area contributed by atoms with Crippen LogP contribution in [0.5, 0.6) is 0 Å². The second kappa shape index (κ2) is 5.99. The second-order valence-corrected chi connectivity index (χ2v) is 8.51. The number of hydrogen-bond donors (Lipinski definition) is 1.